The number of rotatable bonds is 7. The van der Waals surface area contributed by atoms with Crippen LogP contribution in [0.1, 0.15) is 42.3 Å². The van der Waals surface area contributed by atoms with Gasteiger partial charge < -0.3 is 14.8 Å². The maximum Gasteiger partial charge on any atom is 0.412 e. The first-order valence-electron chi connectivity index (χ1n) is 11.0. The van der Waals surface area contributed by atoms with Crippen molar-refractivity contribution in [3.63, 3.8) is 0 Å². The molecule has 1 aliphatic heterocycles. The second kappa shape index (κ2) is 11.0. The molecule has 0 aromatic heterocycles. The van der Waals surface area contributed by atoms with E-state index >= 15 is 0 Å². The Morgan fingerprint density at radius 3 is 2.38 bits per heavy atom. The summed E-state index contributed by atoms with van der Waals surface area (Å²) in [7, 11) is -3.49. The fourth-order valence-electron chi connectivity index (χ4n) is 3.42. The first-order valence-corrected chi connectivity index (χ1v) is 12.6. The van der Waals surface area contributed by atoms with Gasteiger partial charge in [0.15, 0.2) is 0 Å². The summed E-state index contributed by atoms with van der Waals surface area (Å²) in [5, 5.41) is 5.44. The number of hydrogen-bond acceptors (Lipinski definition) is 6. The molecule has 0 bridgehead atoms. The van der Waals surface area contributed by atoms with Crippen LogP contribution in [0.4, 0.5) is 10.5 Å². The minimum Gasteiger partial charge on any atom is -0.444 e. The number of sulfonamides is 1. The number of anilines is 1. The van der Waals surface area contributed by atoms with Crippen LogP contribution in [0.15, 0.2) is 48.5 Å². The third kappa shape index (κ3) is 7.54. The molecule has 2 aromatic rings. The summed E-state index contributed by atoms with van der Waals surface area (Å²) in [4.78, 5) is 24.7. The molecule has 0 unspecified atom stereocenters. The van der Waals surface area contributed by atoms with Crippen molar-refractivity contribution in [1.29, 1.82) is 0 Å². The van der Waals surface area contributed by atoms with Crippen LogP contribution >= 0.6 is 0 Å². The molecule has 10 heteroatoms. The van der Waals surface area contributed by atoms with Crippen LogP contribution in [0, 0.1) is 0 Å². The normalized spacial score (nSPS) is 14.9. The lowest BCUT2D eigenvalue weighted by atomic mass is 10.1. The van der Waals surface area contributed by atoms with Crippen LogP contribution < -0.4 is 10.6 Å². The molecule has 2 aromatic carbocycles. The third-order valence-electron chi connectivity index (χ3n) is 5.03. The average molecular weight is 490 g/mol. The van der Waals surface area contributed by atoms with E-state index in [1.54, 1.807) is 69.3 Å². The quantitative estimate of drug-likeness (QED) is 0.618. The zero-order chi connectivity index (χ0) is 24.8. The molecule has 2 amide bonds. The van der Waals surface area contributed by atoms with Gasteiger partial charge in [-0.05, 0) is 50.1 Å². The van der Waals surface area contributed by atoms with Crippen molar-refractivity contribution in [1.82, 2.24) is 9.62 Å². The molecule has 2 N–H and O–H groups in total. The summed E-state index contributed by atoms with van der Waals surface area (Å²) in [6.45, 7) is 6.92. The van der Waals surface area contributed by atoms with Crippen molar-refractivity contribution in [2.45, 2.75) is 38.7 Å². The van der Waals surface area contributed by atoms with E-state index in [0.717, 1.165) is 5.56 Å². The smallest absolute Gasteiger partial charge is 0.412 e. The topological polar surface area (TPSA) is 114 Å². The molecule has 184 valence electrons. The van der Waals surface area contributed by atoms with Gasteiger partial charge in [0, 0.05) is 30.9 Å². The predicted molar refractivity (Wildman–Crippen MR) is 129 cm³/mol. The van der Waals surface area contributed by atoms with Gasteiger partial charge in [0.25, 0.3) is 5.91 Å². The molecule has 0 spiro atoms. The Bertz CT molecular complexity index is 1120. The number of ether oxygens (including phenoxy) is 2. The molecule has 0 aliphatic carbocycles. The Balaban J connectivity index is 1.64. The summed E-state index contributed by atoms with van der Waals surface area (Å²) >= 11 is 0. The molecule has 0 saturated carbocycles. The van der Waals surface area contributed by atoms with Crippen LogP contribution in [0.25, 0.3) is 0 Å². The van der Waals surface area contributed by atoms with Gasteiger partial charge in [-0.15, -0.1) is 0 Å². The highest BCUT2D eigenvalue weighted by atomic mass is 32.2. The molecule has 1 fully saturated rings. The Kier molecular flexibility index (Phi) is 8.29. The van der Waals surface area contributed by atoms with E-state index in [1.165, 1.54) is 4.31 Å². The first kappa shape index (κ1) is 25.7. The lowest BCUT2D eigenvalue weighted by Crippen LogP contribution is -2.41. The fraction of sp³-hybridized carbons (Fsp3) is 0.417. The summed E-state index contributed by atoms with van der Waals surface area (Å²) in [5.74, 6) is -0.493. The van der Waals surface area contributed by atoms with Crippen LogP contribution in [0.2, 0.25) is 0 Å². The lowest BCUT2D eigenvalue weighted by molar-refractivity contribution is 0.0635. The van der Waals surface area contributed by atoms with Gasteiger partial charge in [0.1, 0.15) is 5.60 Å². The molecule has 34 heavy (non-hydrogen) atoms. The summed E-state index contributed by atoms with van der Waals surface area (Å²) in [5.41, 5.74) is 1.50. The monoisotopic (exact) mass is 489 g/mol. The van der Waals surface area contributed by atoms with Crippen LogP contribution in [0.3, 0.4) is 0 Å². The number of benzene rings is 2. The van der Waals surface area contributed by atoms with Gasteiger partial charge in [-0.25, -0.2) is 13.2 Å². The van der Waals surface area contributed by atoms with Gasteiger partial charge in [-0.2, -0.15) is 4.31 Å². The highest BCUT2D eigenvalue weighted by Crippen LogP contribution is 2.18. The number of nitrogens with zero attached hydrogens (tertiary/aromatic N) is 1. The van der Waals surface area contributed by atoms with Crippen LogP contribution in [0.5, 0.6) is 0 Å². The number of hydrogen-bond donors (Lipinski definition) is 2. The van der Waals surface area contributed by atoms with Crippen molar-refractivity contribution in [2.24, 2.45) is 0 Å². The van der Waals surface area contributed by atoms with Gasteiger partial charge in [0.2, 0.25) is 10.0 Å². The van der Waals surface area contributed by atoms with Gasteiger partial charge in [-0.3, -0.25) is 10.1 Å². The maximum atomic E-state index is 12.8. The second-order valence-corrected chi connectivity index (χ2v) is 10.9. The molecule has 1 saturated heterocycles. The molecular formula is C24H31N3O6S. The van der Waals surface area contributed by atoms with Crippen LogP contribution in [-0.4, -0.2) is 56.6 Å². The Labute approximate surface area is 200 Å². The SMILES string of the molecule is CC(C)(C)OC(=O)Nc1cccc(C(=O)NCc2ccccc2CS(=O)(=O)N2CCOCC2)c1. The van der Waals surface area contributed by atoms with E-state index in [1.807, 2.05) is 0 Å². The molecule has 9 nitrogen and oxygen atoms in total. The lowest BCUT2D eigenvalue weighted by Gasteiger charge is -2.26. The number of carbonyl (C=O) groups is 2. The summed E-state index contributed by atoms with van der Waals surface area (Å²) in [6, 6.07) is 13.6. The Morgan fingerprint density at radius 2 is 1.71 bits per heavy atom. The minimum absolute atomic E-state index is 0.145. The molecule has 0 radical (unpaired) electrons. The van der Waals surface area contributed by atoms with Crippen molar-refractivity contribution >= 4 is 27.7 Å². The van der Waals surface area contributed by atoms with E-state index in [-0.39, 0.29) is 18.2 Å². The number of carbonyl (C=O) groups excluding carboxylic acids is 2. The first-order chi connectivity index (χ1) is 16.0. The van der Waals surface area contributed by atoms with Gasteiger partial charge >= 0.3 is 6.09 Å². The van der Waals surface area contributed by atoms with E-state index < -0.39 is 21.7 Å². The largest absolute Gasteiger partial charge is 0.444 e. The molecule has 3 rings (SSSR count). The molecule has 1 aliphatic rings. The molecule has 0 atom stereocenters. The predicted octanol–water partition coefficient (Wildman–Crippen LogP) is 3.13. The van der Waals surface area contributed by atoms with Gasteiger partial charge in [0.05, 0.1) is 19.0 Å². The van der Waals surface area contributed by atoms with Gasteiger partial charge in [-0.1, -0.05) is 30.3 Å². The van der Waals surface area contributed by atoms with Crippen molar-refractivity contribution in [3.05, 3.63) is 65.2 Å². The highest BCUT2D eigenvalue weighted by molar-refractivity contribution is 7.88. The summed E-state index contributed by atoms with van der Waals surface area (Å²) in [6.07, 6.45) is -0.611. The maximum absolute atomic E-state index is 12.8. The average Bonchev–Trinajstić information content (AvgIpc) is 2.77. The number of morpholine rings is 1. The van der Waals surface area contributed by atoms with E-state index in [9.17, 15) is 18.0 Å². The van der Waals surface area contributed by atoms with Crippen molar-refractivity contribution < 1.29 is 27.5 Å². The summed E-state index contributed by atoms with van der Waals surface area (Å²) < 4.78 is 37.6. The van der Waals surface area contributed by atoms with Crippen LogP contribution in [-0.2, 0) is 31.8 Å². The van der Waals surface area contributed by atoms with E-state index in [4.69, 9.17) is 9.47 Å². The Hall–Kier alpha value is -2.95. The van der Waals surface area contributed by atoms with Crippen molar-refractivity contribution in [2.75, 3.05) is 31.6 Å². The van der Waals surface area contributed by atoms with Crippen molar-refractivity contribution in [3.8, 4) is 0 Å². The van der Waals surface area contributed by atoms with E-state index in [0.29, 0.717) is 43.1 Å². The number of amides is 2. The second-order valence-electron chi connectivity index (χ2n) is 8.93. The molecule has 1 heterocycles. The number of nitrogens with one attached hydrogen (secondary N) is 2. The van der Waals surface area contributed by atoms with E-state index in [2.05, 4.69) is 10.6 Å². The Morgan fingerprint density at radius 1 is 1.03 bits per heavy atom. The zero-order valence-electron chi connectivity index (χ0n) is 19.7. The standard InChI is InChI=1S/C24H31N3O6S/c1-24(2,3)33-23(29)26-21-10-6-9-18(15-21)22(28)25-16-19-7-4-5-8-20(19)17-34(30,31)27-11-13-32-14-12-27/h4-10,15H,11-14,16-17H2,1-3H3,(H,25,28)(H,26,29). The third-order valence-corrected chi connectivity index (χ3v) is 6.86. The molecular weight excluding hydrogens is 458 g/mol. The minimum atomic E-state index is -3.49. The zero-order valence-corrected chi connectivity index (χ0v) is 20.5. The fourth-order valence-corrected chi connectivity index (χ4v) is 4.98. The highest BCUT2D eigenvalue weighted by Gasteiger charge is 2.25.